The summed E-state index contributed by atoms with van der Waals surface area (Å²) in [5.74, 6) is 2.12. The van der Waals surface area contributed by atoms with Crippen molar-refractivity contribution < 1.29 is 23.4 Å². The third kappa shape index (κ3) is 6.94. The van der Waals surface area contributed by atoms with Crippen LogP contribution in [0.25, 0.3) is 17.5 Å². The monoisotopic (exact) mass is 471 g/mol. The summed E-state index contributed by atoms with van der Waals surface area (Å²) in [7, 11) is 0. The number of ether oxygens (including phenoxy) is 3. The summed E-state index contributed by atoms with van der Waals surface area (Å²) in [5.41, 5.74) is 2.14. The van der Waals surface area contributed by atoms with Crippen molar-refractivity contribution in [2.45, 2.75) is 6.92 Å². The molecule has 0 saturated heterocycles. The molecule has 4 aromatic rings. The lowest BCUT2D eigenvalue weighted by Crippen LogP contribution is -2.10. The summed E-state index contributed by atoms with van der Waals surface area (Å²) in [6, 6.07) is 22.3. The molecule has 0 bridgehead atoms. The van der Waals surface area contributed by atoms with Crippen molar-refractivity contribution in [1.82, 2.24) is 10.2 Å². The molecule has 3 aromatic carbocycles. The van der Waals surface area contributed by atoms with Gasteiger partial charge in [0.2, 0.25) is 18.2 Å². The van der Waals surface area contributed by atoms with Gasteiger partial charge < -0.3 is 23.9 Å². The minimum atomic E-state index is -0.274. The lowest BCUT2D eigenvalue weighted by atomic mass is 10.1. The number of hydrogen-bond donors (Lipinski definition) is 1. The molecule has 1 aromatic heterocycles. The Kier molecular flexibility index (Phi) is 8.10. The second kappa shape index (κ2) is 12.0. The largest absolute Gasteiger partial charge is 0.490 e. The van der Waals surface area contributed by atoms with E-state index in [0.717, 1.165) is 16.9 Å². The first-order valence-electron chi connectivity index (χ1n) is 11.1. The fourth-order valence-electron chi connectivity index (χ4n) is 3.23. The van der Waals surface area contributed by atoms with Gasteiger partial charge in [0.05, 0.1) is 6.61 Å². The van der Waals surface area contributed by atoms with Crippen LogP contribution < -0.4 is 19.5 Å². The van der Waals surface area contributed by atoms with Crippen LogP contribution in [-0.4, -0.2) is 35.9 Å². The molecule has 0 unspecified atom stereocenters. The lowest BCUT2D eigenvalue weighted by Gasteiger charge is -2.13. The van der Waals surface area contributed by atoms with Crippen LogP contribution in [0.5, 0.6) is 17.2 Å². The van der Waals surface area contributed by atoms with Crippen molar-refractivity contribution in [3.8, 4) is 28.7 Å². The van der Waals surface area contributed by atoms with Crippen LogP contribution in [0, 0.1) is 0 Å². The molecule has 0 saturated carbocycles. The third-order valence-corrected chi connectivity index (χ3v) is 4.78. The molecule has 0 fully saturated rings. The van der Waals surface area contributed by atoms with Crippen molar-refractivity contribution >= 4 is 17.7 Å². The third-order valence-electron chi connectivity index (χ3n) is 4.78. The Morgan fingerprint density at radius 1 is 0.943 bits per heavy atom. The van der Waals surface area contributed by atoms with Crippen LogP contribution in [0.3, 0.4) is 0 Å². The van der Waals surface area contributed by atoms with Gasteiger partial charge in [-0.3, -0.25) is 4.79 Å². The Bertz CT molecular complexity index is 1260. The SMILES string of the molecule is CCOc1cc(/C=C/C(=O)Nc2cccc(-c3nnco3)c2)ccc1OCCOc1ccccc1. The minimum Gasteiger partial charge on any atom is -0.490 e. The van der Waals surface area contributed by atoms with E-state index in [4.69, 9.17) is 18.6 Å². The van der Waals surface area contributed by atoms with E-state index < -0.39 is 0 Å². The van der Waals surface area contributed by atoms with E-state index in [2.05, 4.69) is 15.5 Å². The zero-order valence-electron chi connectivity index (χ0n) is 19.2. The maximum atomic E-state index is 12.4. The molecular formula is C27H25N3O5. The first-order valence-corrected chi connectivity index (χ1v) is 11.1. The van der Waals surface area contributed by atoms with Crippen molar-refractivity contribution in [2.24, 2.45) is 0 Å². The maximum Gasteiger partial charge on any atom is 0.248 e. The second-order valence-electron chi connectivity index (χ2n) is 7.30. The van der Waals surface area contributed by atoms with E-state index in [-0.39, 0.29) is 5.91 Å². The fourth-order valence-corrected chi connectivity index (χ4v) is 3.23. The molecule has 1 N–H and O–H groups in total. The van der Waals surface area contributed by atoms with Crippen molar-refractivity contribution in [3.05, 3.63) is 90.8 Å². The highest BCUT2D eigenvalue weighted by molar-refractivity contribution is 6.02. The molecule has 35 heavy (non-hydrogen) atoms. The van der Waals surface area contributed by atoms with E-state index in [1.807, 2.05) is 61.5 Å². The predicted molar refractivity (Wildman–Crippen MR) is 132 cm³/mol. The number of nitrogens with zero attached hydrogens (tertiary/aromatic N) is 2. The van der Waals surface area contributed by atoms with Gasteiger partial charge in [-0.2, -0.15) is 0 Å². The number of hydrogen-bond acceptors (Lipinski definition) is 7. The summed E-state index contributed by atoms with van der Waals surface area (Å²) < 4.78 is 22.4. The molecule has 1 heterocycles. The first-order chi connectivity index (χ1) is 17.2. The van der Waals surface area contributed by atoms with E-state index >= 15 is 0 Å². The summed E-state index contributed by atoms with van der Waals surface area (Å²) in [5, 5.41) is 10.4. The van der Waals surface area contributed by atoms with Gasteiger partial charge in [0, 0.05) is 17.3 Å². The molecule has 4 rings (SSSR count). The molecule has 8 heteroatoms. The van der Waals surface area contributed by atoms with Gasteiger partial charge >= 0.3 is 0 Å². The smallest absolute Gasteiger partial charge is 0.248 e. The van der Waals surface area contributed by atoms with Gasteiger partial charge in [-0.15, -0.1) is 10.2 Å². The van der Waals surface area contributed by atoms with Crippen molar-refractivity contribution in [2.75, 3.05) is 25.1 Å². The van der Waals surface area contributed by atoms with Crippen LogP contribution in [0.4, 0.5) is 5.69 Å². The Morgan fingerprint density at radius 3 is 2.60 bits per heavy atom. The number of benzene rings is 3. The van der Waals surface area contributed by atoms with Crippen LogP contribution >= 0.6 is 0 Å². The normalized spacial score (nSPS) is 10.8. The Balaban J connectivity index is 1.34. The van der Waals surface area contributed by atoms with Crippen LogP contribution in [0.15, 0.2) is 89.7 Å². The predicted octanol–water partition coefficient (Wildman–Crippen LogP) is 5.25. The number of aromatic nitrogens is 2. The van der Waals surface area contributed by atoms with Crippen molar-refractivity contribution in [3.63, 3.8) is 0 Å². The summed E-state index contributed by atoms with van der Waals surface area (Å²) in [4.78, 5) is 12.4. The molecule has 0 atom stereocenters. The highest BCUT2D eigenvalue weighted by Crippen LogP contribution is 2.29. The minimum absolute atomic E-state index is 0.274. The summed E-state index contributed by atoms with van der Waals surface area (Å²) in [6.45, 7) is 3.17. The highest BCUT2D eigenvalue weighted by atomic mass is 16.5. The summed E-state index contributed by atoms with van der Waals surface area (Å²) >= 11 is 0. The number of anilines is 1. The van der Waals surface area contributed by atoms with Gasteiger partial charge in [0.1, 0.15) is 19.0 Å². The van der Waals surface area contributed by atoms with Gasteiger partial charge in [-0.05, 0) is 61.0 Å². The zero-order valence-corrected chi connectivity index (χ0v) is 19.2. The van der Waals surface area contributed by atoms with Gasteiger partial charge in [0.25, 0.3) is 0 Å². The Morgan fingerprint density at radius 2 is 1.80 bits per heavy atom. The quantitative estimate of drug-likeness (QED) is 0.236. The summed E-state index contributed by atoms with van der Waals surface area (Å²) in [6.07, 6.45) is 4.43. The second-order valence-corrected chi connectivity index (χ2v) is 7.30. The number of rotatable bonds is 11. The Hall–Kier alpha value is -4.59. The van der Waals surface area contributed by atoms with E-state index in [1.165, 1.54) is 12.5 Å². The fraction of sp³-hybridized carbons (Fsp3) is 0.148. The van der Waals surface area contributed by atoms with Crippen molar-refractivity contribution in [1.29, 1.82) is 0 Å². The molecule has 0 aliphatic carbocycles. The molecule has 0 aliphatic rings. The van der Waals surface area contributed by atoms with Crippen LogP contribution in [0.2, 0.25) is 0 Å². The molecule has 0 aliphatic heterocycles. The average molecular weight is 472 g/mol. The standard InChI is InChI=1S/C27H25N3O5/c1-2-32-25-17-20(11-13-24(25)34-16-15-33-23-9-4-3-5-10-23)12-14-26(31)29-22-8-6-7-21(18-22)27-30-28-19-35-27/h3-14,17-19H,2,15-16H2,1H3,(H,29,31)/b14-12+. The average Bonchev–Trinajstić information content (AvgIpc) is 3.43. The van der Waals surface area contributed by atoms with Gasteiger partial charge in [0.15, 0.2) is 11.5 Å². The zero-order chi connectivity index (χ0) is 24.3. The van der Waals surface area contributed by atoms with Gasteiger partial charge in [-0.1, -0.05) is 30.3 Å². The number of nitrogens with one attached hydrogen (secondary N) is 1. The van der Waals surface area contributed by atoms with Gasteiger partial charge in [-0.25, -0.2) is 0 Å². The molecule has 0 spiro atoms. The number of carbonyl (C=O) groups is 1. The molecule has 0 radical (unpaired) electrons. The highest BCUT2D eigenvalue weighted by Gasteiger charge is 2.08. The topological polar surface area (TPSA) is 95.7 Å². The van der Waals surface area contributed by atoms with E-state index in [0.29, 0.717) is 42.9 Å². The van der Waals surface area contributed by atoms with Crippen LogP contribution in [0.1, 0.15) is 12.5 Å². The molecule has 1 amide bonds. The Labute approximate surface area is 203 Å². The number of carbonyl (C=O) groups excluding carboxylic acids is 1. The maximum absolute atomic E-state index is 12.4. The molecule has 178 valence electrons. The van der Waals surface area contributed by atoms with E-state index in [9.17, 15) is 4.79 Å². The van der Waals surface area contributed by atoms with Crippen LogP contribution in [-0.2, 0) is 4.79 Å². The number of amides is 1. The first kappa shape index (κ1) is 23.6. The lowest BCUT2D eigenvalue weighted by molar-refractivity contribution is -0.111. The molecular weight excluding hydrogens is 446 g/mol. The number of para-hydroxylation sites is 1. The molecule has 8 nitrogen and oxygen atoms in total. The van der Waals surface area contributed by atoms with E-state index in [1.54, 1.807) is 24.3 Å².